The van der Waals surface area contributed by atoms with Crippen LogP contribution in [-0.2, 0) is 19.1 Å². The number of rotatable bonds is 4. The van der Waals surface area contributed by atoms with Crippen LogP contribution in [-0.4, -0.2) is 30.7 Å². The molecule has 1 aromatic rings. The molecule has 2 atom stereocenters. The molecule has 5 heteroatoms. The minimum absolute atomic E-state index is 0.349. The predicted octanol–water partition coefficient (Wildman–Crippen LogP) is 1.74. The van der Waals surface area contributed by atoms with Crippen molar-refractivity contribution in [1.29, 1.82) is 0 Å². The molecular formula is C14H17NO4. The van der Waals surface area contributed by atoms with Crippen LogP contribution in [0.5, 0.6) is 0 Å². The lowest BCUT2D eigenvalue weighted by Gasteiger charge is -2.15. The lowest BCUT2D eigenvalue weighted by atomic mass is 10.2. The Balaban J connectivity index is 1.83. The maximum Gasteiger partial charge on any atom is 0.336 e. The summed E-state index contributed by atoms with van der Waals surface area (Å²) in [6.07, 6.45) is 0.153. The SMILES string of the molecule is C[C@H](OC(=O)[C@H]1CCCO1)C(=O)Nc1ccccc1. The van der Waals surface area contributed by atoms with Gasteiger partial charge in [-0.3, -0.25) is 4.79 Å². The molecule has 1 aliphatic heterocycles. The van der Waals surface area contributed by atoms with E-state index in [-0.39, 0.29) is 5.91 Å². The summed E-state index contributed by atoms with van der Waals surface area (Å²) in [4.78, 5) is 23.5. The zero-order chi connectivity index (χ0) is 13.7. The molecule has 0 radical (unpaired) electrons. The van der Waals surface area contributed by atoms with Crippen LogP contribution in [0.2, 0.25) is 0 Å². The molecule has 2 rings (SSSR count). The maximum absolute atomic E-state index is 11.8. The fraction of sp³-hybridized carbons (Fsp3) is 0.429. The minimum atomic E-state index is -0.836. The average Bonchev–Trinajstić information content (AvgIpc) is 2.93. The van der Waals surface area contributed by atoms with Crippen LogP contribution < -0.4 is 5.32 Å². The van der Waals surface area contributed by atoms with Crippen LogP contribution >= 0.6 is 0 Å². The Kier molecular flexibility index (Phi) is 4.52. The van der Waals surface area contributed by atoms with E-state index in [1.165, 1.54) is 0 Å². The van der Waals surface area contributed by atoms with Crippen molar-refractivity contribution in [3.63, 3.8) is 0 Å². The third kappa shape index (κ3) is 3.79. The Bertz CT molecular complexity index is 440. The maximum atomic E-state index is 11.8. The highest BCUT2D eigenvalue weighted by molar-refractivity contribution is 5.95. The molecule has 1 aliphatic rings. The predicted molar refractivity (Wildman–Crippen MR) is 69.6 cm³/mol. The smallest absolute Gasteiger partial charge is 0.336 e. The van der Waals surface area contributed by atoms with E-state index in [1.807, 2.05) is 18.2 Å². The standard InChI is InChI=1S/C14H17NO4/c1-10(19-14(17)12-8-5-9-18-12)13(16)15-11-6-3-2-4-7-11/h2-4,6-7,10,12H,5,8-9H2,1H3,(H,15,16)/t10-,12+/m0/s1. The van der Waals surface area contributed by atoms with Crippen molar-refractivity contribution in [2.75, 3.05) is 11.9 Å². The minimum Gasteiger partial charge on any atom is -0.451 e. The van der Waals surface area contributed by atoms with Crippen molar-refractivity contribution in [2.45, 2.75) is 32.0 Å². The monoisotopic (exact) mass is 263 g/mol. The molecular weight excluding hydrogens is 246 g/mol. The number of carbonyl (C=O) groups excluding carboxylic acids is 2. The second-order valence-corrected chi connectivity index (χ2v) is 4.44. The van der Waals surface area contributed by atoms with Gasteiger partial charge in [0.2, 0.25) is 0 Å². The van der Waals surface area contributed by atoms with Crippen molar-refractivity contribution in [1.82, 2.24) is 0 Å². The highest BCUT2D eigenvalue weighted by Crippen LogP contribution is 2.14. The largest absolute Gasteiger partial charge is 0.451 e. The van der Waals surface area contributed by atoms with Crippen molar-refractivity contribution < 1.29 is 19.1 Å². The summed E-state index contributed by atoms with van der Waals surface area (Å²) in [5.41, 5.74) is 0.674. The van der Waals surface area contributed by atoms with E-state index in [2.05, 4.69) is 5.32 Å². The Morgan fingerprint density at radius 2 is 2.11 bits per heavy atom. The summed E-state index contributed by atoms with van der Waals surface area (Å²) in [5, 5.41) is 2.68. The number of esters is 1. The van der Waals surface area contributed by atoms with Crippen molar-refractivity contribution >= 4 is 17.6 Å². The van der Waals surface area contributed by atoms with Gasteiger partial charge in [0.25, 0.3) is 5.91 Å². The summed E-state index contributed by atoms with van der Waals surface area (Å²) in [6, 6.07) is 9.03. The number of ether oxygens (including phenoxy) is 2. The third-order valence-electron chi connectivity index (χ3n) is 2.90. The molecule has 0 unspecified atom stereocenters. The summed E-state index contributed by atoms with van der Waals surface area (Å²) < 4.78 is 10.3. The Morgan fingerprint density at radius 1 is 1.37 bits per heavy atom. The van der Waals surface area contributed by atoms with Gasteiger partial charge in [0.05, 0.1) is 0 Å². The lowest BCUT2D eigenvalue weighted by molar-refractivity contribution is -0.162. The van der Waals surface area contributed by atoms with E-state index in [1.54, 1.807) is 19.1 Å². The lowest BCUT2D eigenvalue weighted by Crippen LogP contribution is -2.33. The molecule has 102 valence electrons. The van der Waals surface area contributed by atoms with Gasteiger partial charge < -0.3 is 14.8 Å². The van der Waals surface area contributed by atoms with Crippen LogP contribution in [0, 0.1) is 0 Å². The molecule has 1 heterocycles. The zero-order valence-corrected chi connectivity index (χ0v) is 10.8. The first-order valence-electron chi connectivity index (χ1n) is 6.35. The fourth-order valence-corrected chi connectivity index (χ4v) is 1.83. The zero-order valence-electron chi connectivity index (χ0n) is 10.8. The molecule has 5 nitrogen and oxygen atoms in total. The van der Waals surface area contributed by atoms with Crippen molar-refractivity contribution in [3.05, 3.63) is 30.3 Å². The number of benzene rings is 1. The highest BCUT2D eigenvalue weighted by Gasteiger charge is 2.28. The van der Waals surface area contributed by atoms with Gasteiger partial charge in [0, 0.05) is 12.3 Å². The van der Waals surface area contributed by atoms with E-state index in [4.69, 9.17) is 9.47 Å². The molecule has 0 aliphatic carbocycles. The van der Waals surface area contributed by atoms with E-state index in [9.17, 15) is 9.59 Å². The van der Waals surface area contributed by atoms with Gasteiger partial charge in [-0.05, 0) is 31.9 Å². The Morgan fingerprint density at radius 3 is 2.74 bits per heavy atom. The second kappa shape index (κ2) is 6.33. The number of hydrogen-bond donors (Lipinski definition) is 1. The number of anilines is 1. The quantitative estimate of drug-likeness (QED) is 0.840. The molecule has 1 saturated heterocycles. The van der Waals surface area contributed by atoms with Gasteiger partial charge >= 0.3 is 5.97 Å². The summed E-state index contributed by atoms with van der Waals surface area (Å²) in [5.74, 6) is -0.814. The molecule has 1 aromatic carbocycles. The molecule has 0 spiro atoms. The van der Waals surface area contributed by atoms with Crippen LogP contribution in [0.25, 0.3) is 0 Å². The Labute approximate surface area is 111 Å². The first kappa shape index (κ1) is 13.5. The number of nitrogens with one attached hydrogen (secondary N) is 1. The van der Waals surface area contributed by atoms with Crippen LogP contribution in [0.3, 0.4) is 0 Å². The van der Waals surface area contributed by atoms with Gasteiger partial charge in [-0.2, -0.15) is 0 Å². The van der Waals surface area contributed by atoms with E-state index >= 15 is 0 Å². The van der Waals surface area contributed by atoms with Crippen molar-refractivity contribution in [3.8, 4) is 0 Å². The topological polar surface area (TPSA) is 64.6 Å². The average molecular weight is 263 g/mol. The fourth-order valence-electron chi connectivity index (χ4n) is 1.83. The third-order valence-corrected chi connectivity index (χ3v) is 2.90. The molecule has 1 amide bonds. The van der Waals surface area contributed by atoms with E-state index < -0.39 is 18.2 Å². The summed E-state index contributed by atoms with van der Waals surface area (Å²) >= 11 is 0. The van der Waals surface area contributed by atoms with Gasteiger partial charge in [0.15, 0.2) is 12.2 Å². The molecule has 1 fully saturated rings. The highest BCUT2D eigenvalue weighted by atomic mass is 16.6. The first-order valence-corrected chi connectivity index (χ1v) is 6.35. The normalized spacial score (nSPS) is 19.7. The van der Waals surface area contributed by atoms with Crippen LogP contribution in [0.15, 0.2) is 30.3 Å². The van der Waals surface area contributed by atoms with Gasteiger partial charge in [-0.25, -0.2) is 4.79 Å². The summed E-state index contributed by atoms with van der Waals surface area (Å²) in [6.45, 7) is 2.12. The number of hydrogen-bond acceptors (Lipinski definition) is 4. The molecule has 0 aromatic heterocycles. The summed E-state index contributed by atoms with van der Waals surface area (Å²) in [7, 11) is 0. The van der Waals surface area contributed by atoms with Gasteiger partial charge in [-0.15, -0.1) is 0 Å². The number of carbonyl (C=O) groups is 2. The van der Waals surface area contributed by atoms with E-state index in [0.29, 0.717) is 18.7 Å². The molecule has 19 heavy (non-hydrogen) atoms. The number of para-hydroxylation sites is 1. The van der Waals surface area contributed by atoms with Crippen LogP contribution in [0.4, 0.5) is 5.69 Å². The van der Waals surface area contributed by atoms with Gasteiger partial charge in [-0.1, -0.05) is 18.2 Å². The number of amides is 1. The molecule has 0 bridgehead atoms. The van der Waals surface area contributed by atoms with Crippen molar-refractivity contribution in [2.24, 2.45) is 0 Å². The first-order chi connectivity index (χ1) is 9.16. The van der Waals surface area contributed by atoms with E-state index in [0.717, 1.165) is 6.42 Å². The second-order valence-electron chi connectivity index (χ2n) is 4.44. The van der Waals surface area contributed by atoms with Gasteiger partial charge in [0.1, 0.15) is 0 Å². The molecule has 0 saturated carbocycles. The van der Waals surface area contributed by atoms with Crippen LogP contribution in [0.1, 0.15) is 19.8 Å². The molecule has 1 N–H and O–H groups in total. The Hall–Kier alpha value is -1.88.